The van der Waals surface area contributed by atoms with Crippen LogP contribution in [0.4, 0.5) is 5.69 Å². The quantitative estimate of drug-likeness (QED) is 0.391. The largest absolute Gasteiger partial charge is 0.371 e. The lowest BCUT2D eigenvalue weighted by atomic mass is 10.0. The molecule has 0 spiro atoms. The van der Waals surface area contributed by atoms with E-state index < -0.39 is 8.07 Å². The first kappa shape index (κ1) is 21.0. The normalized spacial score (nSPS) is 15.1. The van der Waals surface area contributed by atoms with Crippen LogP contribution in [0.5, 0.6) is 0 Å². The maximum absolute atomic E-state index is 6.08. The molecule has 0 saturated carbocycles. The average molecular weight is 424 g/mol. The van der Waals surface area contributed by atoms with Gasteiger partial charge >= 0.3 is 0 Å². The third-order valence-corrected chi connectivity index (χ3v) is 7.52. The van der Waals surface area contributed by atoms with Crippen molar-refractivity contribution in [1.82, 2.24) is 19.5 Å². The van der Waals surface area contributed by atoms with Crippen molar-refractivity contribution >= 4 is 24.8 Å². The van der Waals surface area contributed by atoms with Crippen molar-refractivity contribution in [1.29, 1.82) is 0 Å². The summed E-state index contributed by atoms with van der Waals surface area (Å²) in [5.41, 5.74) is 5.66. The van der Waals surface area contributed by atoms with E-state index in [1.54, 1.807) is 6.33 Å². The fourth-order valence-electron chi connectivity index (χ4n) is 4.16. The standard InChI is InChI=1S/C23H33N5OSi/c1-18-12-26-23-21(22(18)27-8-6-5-7-9-27)20(19-13-24-16-25-14-19)15-28(23)17-29-10-11-30(2,3)4/h12-16H,5-11,17H2,1-4H3. The highest BCUT2D eigenvalue weighted by Gasteiger charge is 2.22. The van der Waals surface area contributed by atoms with E-state index in [4.69, 9.17) is 9.72 Å². The van der Waals surface area contributed by atoms with E-state index in [-0.39, 0.29) is 0 Å². The summed E-state index contributed by atoms with van der Waals surface area (Å²) in [5.74, 6) is 0. The molecule has 0 amide bonds. The molecule has 1 aliphatic rings. The molecule has 0 N–H and O–H groups in total. The summed E-state index contributed by atoms with van der Waals surface area (Å²) in [6.07, 6.45) is 13.3. The number of hydrogen-bond donors (Lipinski definition) is 0. The van der Waals surface area contributed by atoms with E-state index in [9.17, 15) is 0 Å². The van der Waals surface area contributed by atoms with Gasteiger partial charge in [0.05, 0.1) is 11.1 Å². The summed E-state index contributed by atoms with van der Waals surface area (Å²) in [6, 6.07) is 1.16. The molecule has 1 aliphatic heterocycles. The molecule has 3 aromatic rings. The van der Waals surface area contributed by atoms with E-state index in [0.29, 0.717) is 6.73 Å². The van der Waals surface area contributed by atoms with Gasteiger partial charge in [-0.25, -0.2) is 15.0 Å². The molecule has 0 aliphatic carbocycles. The Bertz CT molecular complexity index is 990. The van der Waals surface area contributed by atoms with Gasteiger partial charge in [-0.05, 0) is 37.8 Å². The van der Waals surface area contributed by atoms with Crippen molar-refractivity contribution in [3.05, 3.63) is 36.7 Å². The van der Waals surface area contributed by atoms with Gasteiger partial charge in [-0.1, -0.05) is 19.6 Å². The molecule has 160 valence electrons. The van der Waals surface area contributed by atoms with Gasteiger partial charge in [-0.2, -0.15) is 0 Å². The number of nitrogens with zero attached hydrogens (tertiary/aromatic N) is 5. The van der Waals surface area contributed by atoms with E-state index in [0.717, 1.165) is 42.5 Å². The number of ether oxygens (including phenoxy) is 1. The second-order valence-corrected chi connectivity index (χ2v) is 15.1. The van der Waals surface area contributed by atoms with Crippen LogP contribution in [0.3, 0.4) is 0 Å². The summed E-state index contributed by atoms with van der Waals surface area (Å²) in [4.78, 5) is 15.9. The highest BCUT2D eigenvalue weighted by atomic mass is 28.3. The van der Waals surface area contributed by atoms with Gasteiger partial charge in [0, 0.05) is 63.7 Å². The highest BCUT2D eigenvalue weighted by molar-refractivity contribution is 6.76. The highest BCUT2D eigenvalue weighted by Crippen LogP contribution is 2.39. The van der Waals surface area contributed by atoms with Crippen LogP contribution in [0.2, 0.25) is 25.7 Å². The zero-order valence-electron chi connectivity index (χ0n) is 18.7. The van der Waals surface area contributed by atoms with Gasteiger partial charge in [0.25, 0.3) is 0 Å². The third kappa shape index (κ3) is 4.57. The zero-order valence-corrected chi connectivity index (χ0v) is 19.7. The van der Waals surface area contributed by atoms with Crippen molar-refractivity contribution in [3.63, 3.8) is 0 Å². The fraction of sp³-hybridized carbons (Fsp3) is 0.522. The summed E-state index contributed by atoms with van der Waals surface area (Å²) in [7, 11) is -1.11. The number of hydrogen-bond acceptors (Lipinski definition) is 5. The Morgan fingerprint density at radius 2 is 1.77 bits per heavy atom. The molecule has 3 aromatic heterocycles. The van der Waals surface area contributed by atoms with E-state index in [1.807, 2.05) is 18.6 Å². The number of aromatic nitrogens is 4. The Morgan fingerprint density at radius 1 is 1.03 bits per heavy atom. The Kier molecular flexibility index (Phi) is 6.20. The Balaban J connectivity index is 1.76. The molecule has 7 heteroatoms. The average Bonchev–Trinajstić information content (AvgIpc) is 3.10. The van der Waals surface area contributed by atoms with Crippen LogP contribution in [-0.4, -0.2) is 47.3 Å². The molecule has 30 heavy (non-hydrogen) atoms. The van der Waals surface area contributed by atoms with Gasteiger partial charge in [0.1, 0.15) is 18.7 Å². The molecule has 0 atom stereocenters. The monoisotopic (exact) mass is 423 g/mol. The second-order valence-electron chi connectivity index (χ2n) is 9.52. The summed E-state index contributed by atoms with van der Waals surface area (Å²) in [6.45, 7) is 12.8. The number of aryl methyl sites for hydroxylation is 1. The summed E-state index contributed by atoms with van der Waals surface area (Å²) >= 11 is 0. The molecule has 1 fully saturated rings. The molecule has 6 nitrogen and oxygen atoms in total. The minimum Gasteiger partial charge on any atom is -0.371 e. The maximum Gasteiger partial charge on any atom is 0.144 e. The fourth-order valence-corrected chi connectivity index (χ4v) is 4.91. The third-order valence-electron chi connectivity index (χ3n) is 5.81. The van der Waals surface area contributed by atoms with E-state index >= 15 is 0 Å². The van der Waals surface area contributed by atoms with Gasteiger partial charge in [0.2, 0.25) is 0 Å². The predicted octanol–water partition coefficient (Wildman–Crippen LogP) is 5.10. The van der Waals surface area contributed by atoms with Gasteiger partial charge in [-0.3, -0.25) is 0 Å². The van der Waals surface area contributed by atoms with Gasteiger partial charge in [0.15, 0.2) is 0 Å². The molecule has 0 aromatic carbocycles. The summed E-state index contributed by atoms with van der Waals surface area (Å²) in [5, 5.41) is 1.19. The van der Waals surface area contributed by atoms with Crippen LogP contribution in [0.15, 0.2) is 31.1 Å². The van der Waals surface area contributed by atoms with Crippen LogP contribution >= 0.6 is 0 Å². The van der Waals surface area contributed by atoms with Crippen LogP contribution in [0, 0.1) is 6.92 Å². The summed E-state index contributed by atoms with van der Waals surface area (Å²) < 4.78 is 8.23. The Morgan fingerprint density at radius 3 is 2.47 bits per heavy atom. The van der Waals surface area contributed by atoms with Gasteiger partial charge in [-0.15, -0.1) is 0 Å². The van der Waals surface area contributed by atoms with Crippen molar-refractivity contribution in [2.45, 2.75) is 58.6 Å². The minimum absolute atomic E-state index is 0.518. The lowest BCUT2D eigenvalue weighted by Gasteiger charge is -2.31. The molecule has 4 heterocycles. The zero-order chi connectivity index (χ0) is 21.1. The topological polar surface area (TPSA) is 56.1 Å². The smallest absolute Gasteiger partial charge is 0.144 e. The Hall–Kier alpha value is -2.25. The van der Waals surface area contributed by atoms with E-state index in [1.165, 1.54) is 35.9 Å². The molecule has 0 radical (unpaired) electrons. The molecule has 4 rings (SSSR count). The lowest BCUT2D eigenvalue weighted by Crippen LogP contribution is -2.30. The van der Waals surface area contributed by atoms with Crippen LogP contribution in [0.25, 0.3) is 22.2 Å². The van der Waals surface area contributed by atoms with Crippen molar-refractivity contribution in [2.75, 3.05) is 24.6 Å². The molecule has 1 saturated heterocycles. The number of piperidine rings is 1. The number of rotatable bonds is 7. The molecule has 0 unspecified atom stereocenters. The Labute approximate surface area is 180 Å². The van der Waals surface area contributed by atoms with Crippen LogP contribution in [0.1, 0.15) is 24.8 Å². The number of fused-ring (bicyclic) bond motifs is 1. The first-order chi connectivity index (χ1) is 14.4. The second kappa shape index (κ2) is 8.86. The number of anilines is 1. The first-order valence-electron chi connectivity index (χ1n) is 11.0. The molecular formula is C23H33N5OSi. The van der Waals surface area contributed by atoms with Gasteiger partial charge < -0.3 is 14.2 Å². The van der Waals surface area contributed by atoms with Crippen molar-refractivity contribution in [3.8, 4) is 11.1 Å². The maximum atomic E-state index is 6.08. The first-order valence-corrected chi connectivity index (χ1v) is 14.7. The predicted molar refractivity (Wildman–Crippen MR) is 126 cm³/mol. The van der Waals surface area contributed by atoms with Crippen LogP contribution < -0.4 is 4.90 Å². The number of pyridine rings is 1. The molecular weight excluding hydrogens is 390 g/mol. The van der Waals surface area contributed by atoms with Crippen molar-refractivity contribution in [2.24, 2.45) is 0 Å². The molecule has 0 bridgehead atoms. The van der Waals surface area contributed by atoms with E-state index in [2.05, 4.69) is 52.2 Å². The van der Waals surface area contributed by atoms with Crippen molar-refractivity contribution < 1.29 is 4.74 Å². The van der Waals surface area contributed by atoms with Crippen LogP contribution in [-0.2, 0) is 11.5 Å². The SMILES string of the molecule is Cc1cnc2c(c(-c3cncnc3)cn2COCC[Si](C)(C)C)c1N1CCCCC1. The lowest BCUT2D eigenvalue weighted by molar-refractivity contribution is 0.0899. The minimum atomic E-state index is -1.11.